The van der Waals surface area contributed by atoms with Gasteiger partial charge in [0.15, 0.2) is 0 Å². The van der Waals surface area contributed by atoms with Crippen LogP contribution in [0.1, 0.15) is 18.2 Å². The number of aromatic amines is 1. The van der Waals surface area contributed by atoms with Gasteiger partial charge in [0.25, 0.3) is 5.56 Å². The summed E-state index contributed by atoms with van der Waals surface area (Å²) in [7, 11) is 3.23. The molecule has 1 N–H and O–H groups in total. The number of benzene rings is 1. The number of fused-ring (bicyclic) bond motifs is 1. The van der Waals surface area contributed by atoms with Crippen LogP contribution in [0.3, 0.4) is 0 Å². The molecule has 0 unspecified atom stereocenters. The summed E-state index contributed by atoms with van der Waals surface area (Å²) in [5, 5.41) is 1.09. The average molecular weight is 297 g/mol. The van der Waals surface area contributed by atoms with Crippen molar-refractivity contribution in [1.82, 2.24) is 14.1 Å². The van der Waals surface area contributed by atoms with E-state index in [2.05, 4.69) is 4.98 Å². The summed E-state index contributed by atoms with van der Waals surface area (Å²) in [6.07, 6.45) is 0.617. The molecule has 2 aromatic heterocycles. The van der Waals surface area contributed by atoms with E-state index in [9.17, 15) is 9.59 Å². The summed E-state index contributed by atoms with van der Waals surface area (Å²) >= 11 is 0. The molecule has 3 aromatic rings. The van der Waals surface area contributed by atoms with Crippen molar-refractivity contribution in [3.8, 4) is 11.3 Å². The fraction of sp³-hybridized carbons (Fsp3) is 0.294. The van der Waals surface area contributed by atoms with E-state index in [1.807, 2.05) is 38.1 Å². The van der Waals surface area contributed by atoms with Crippen LogP contribution in [0, 0.1) is 6.92 Å². The van der Waals surface area contributed by atoms with E-state index >= 15 is 0 Å². The lowest BCUT2D eigenvalue weighted by atomic mass is 10.0. The predicted molar refractivity (Wildman–Crippen MR) is 88.3 cm³/mol. The number of rotatable bonds is 2. The van der Waals surface area contributed by atoms with E-state index in [-0.39, 0.29) is 11.2 Å². The van der Waals surface area contributed by atoms with Gasteiger partial charge in [0, 0.05) is 30.7 Å². The van der Waals surface area contributed by atoms with E-state index in [0.717, 1.165) is 27.9 Å². The predicted octanol–water partition coefficient (Wildman–Crippen LogP) is 2.10. The van der Waals surface area contributed by atoms with Gasteiger partial charge in [-0.25, -0.2) is 4.79 Å². The molecule has 0 saturated carbocycles. The van der Waals surface area contributed by atoms with Crippen molar-refractivity contribution in [2.45, 2.75) is 20.3 Å². The molecule has 3 rings (SSSR count). The van der Waals surface area contributed by atoms with Crippen LogP contribution in [0.25, 0.3) is 22.2 Å². The number of H-pyrrole nitrogens is 1. The fourth-order valence-electron chi connectivity index (χ4n) is 3.08. The largest absolute Gasteiger partial charge is 0.354 e. The van der Waals surface area contributed by atoms with Gasteiger partial charge in [-0.05, 0) is 25.0 Å². The topological polar surface area (TPSA) is 59.8 Å². The molecule has 0 saturated heterocycles. The minimum absolute atomic E-state index is 0.255. The molecule has 0 fully saturated rings. The molecular weight excluding hydrogens is 278 g/mol. The second kappa shape index (κ2) is 5.02. The monoisotopic (exact) mass is 297 g/mol. The van der Waals surface area contributed by atoms with Crippen molar-refractivity contribution >= 4 is 10.9 Å². The molecule has 0 radical (unpaired) electrons. The third kappa shape index (κ3) is 1.85. The molecule has 0 bridgehead atoms. The zero-order valence-corrected chi connectivity index (χ0v) is 13.2. The van der Waals surface area contributed by atoms with Gasteiger partial charge in [0.2, 0.25) is 0 Å². The van der Waals surface area contributed by atoms with Crippen LogP contribution < -0.4 is 11.2 Å². The normalized spacial score (nSPS) is 11.3. The van der Waals surface area contributed by atoms with Crippen LogP contribution in [0.2, 0.25) is 0 Å². The van der Waals surface area contributed by atoms with E-state index in [4.69, 9.17) is 0 Å². The molecule has 5 nitrogen and oxygen atoms in total. The number of nitrogens with one attached hydrogen (secondary N) is 1. The molecule has 22 heavy (non-hydrogen) atoms. The van der Waals surface area contributed by atoms with Gasteiger partial charge < -0.3 is 4.98 Å². The van der Waals surface area contributed by atoms with E-state index in [1.165, 1.54) is 11.6 Å². The first-order valence-electron chi connectivity index (χ1n) is 7.34. The van der Waals surface area contributed by atoms with Gasteiger partial charge in [-0.1, -0.05) is 25.1 Å². The molecule has 0 amide bonds. The highest BCUT2D eigenvalue weighted by Crippen LogP contribution is 2.29. The van der Waals surface area contributed by atoms with Gasteiger partial charge in [-0.3, -0.25) is 13.9 Å². The maximum Gasteiger partial charge on any atom is 0.330 e. The Morgan fingerprint density at radius 3 is 2.41 bits per heavy atom. The van der Waals surface area contributed by atoms with Crippen LogP contribution >= 0.6 is 0 Å². The molecule has 0 spiro atoms. The summed E-state index contributed by atoms with van der Waals surface area (Å²) in [4.78, 5) is 28.1. The highest BCUT2D eigenvalue weighted by atomic mass is 16.2. The van der Waals surface area contributed by atoms with Crippen molar-refractivity contribution < 1.29 is 0 Å². The number of hydrogen-bond acceptors (Lipinski definition) is 2. The minimum atomic E-state index is -0.292. The summed E-state index contributed by atoms with van der Waals surface area (Å²) < 4.78 is 2.72. The highest BCUT2D eigenvalue weighted by Gasteiger charge is 2.20. The number of hydrogen-bond donors (Lipinski definition) is 1. The molecule has 0 aliphatic carbocycles. The Labute approximate surface area is 127 Å². The van der Waals surface area contributed by atoms with Crippen molar-refractivity contribution in [3.63, 3.8) is 0 Å². The summed E-state index contributed by atoms with van der Waals surface area (Å²) in [5.41, 5.74) is 3.61. The van der Waals surface area contributed by atoms with Crippen molar-refractivity contribution in [2.24, 2.45) is 14.1 Å². The summed E-state index contributed by atoms with van der Waals surface area (Å²) in [6.45, 7) is 3.95. The number of nitrogens with zero attached hydrogens (tertiary/aromatic N) is 2. The SMILES string of the molecule is CCc1c(-c2[nH]c3ccccc3c2C)c(=O)n(C)c(=O)n1C. The quantitative estimate of drug-likeness (QED) is 0.787. The van der Waals surface area contributed by atoms with Crippen molar-refractivity contribution in [1.29, 1.82) is 0 Å². The number of aromatic nitrogens is 3. The lowest BCUT2D eigenvalue weighted by molar-refractivity contribution is 0.657. The Bertz CT molecular complexity index is 990. The van der Waals surface area contributed by atoms with Crippen LogP contribution in [0.4, 0.5) is 0 Å². The Morgan fingerprint density at radius 2 is 1.77 bits per heavy atom. The molecule has 1 aromatic carbocycles. The second-order valence-corrected chi connectivity index (χ2v) is 5.55. The van der Waals surface area contributed by atoms with Crippen molar-refractivity contribution in [3.05, 3.63) is 56.4 Å². The van der Waals surface area contributed by atoms with Gasteiger partial charge in [-0.2, -0.15) is 0 Å². The third-order valence-electron chi connectivity index (χ3n) is 4.34. The highest BCUT2D eigenvalue weighted by molar-refractivity contribution is 5.90. The standard InChI is InChI=1S/C17H19N3O2/c1-5-13-14(16(21)20(4)17(22)19(13)3)15-10(2)11-8-6-7-9-12(11)18-15/h6-9,18H,5H2,1-4H3. The molecule has 0 atom stereocenters. The smallest absolute Gasteiger partial charge is 0.330 e. The number of aryl methyl sites for hydroxylation is 1. The van der Waals surface area contributed by atoms with E-state index in [1.54, 1.807) is 11.6 Å². The molecule has 114 valence electrons. The van der Waals surface area contributed by atoms with Gasteiger partial charge >= 0.3 is 5.69 Å². The van der Waals surface area contributed by atoms with Crippen LogP contribution in [-0.2, 0) is 20.5 Å². The lowest BCUT2D eigenvalue weighted by Gasteiger charge is -2.13. The Hall–Kier alpha value is -2.56. The first kappa shape index (κ1) is 14.4. The molecule has 5 heteroatoms. The molecular formula is C17H19N3O2. The molecule has 2 heterocycles. The maximum atomic E-state index is 12.7. The maximum absolute atomic E-state index is 12.7. The van der Waals surface area contributed by atoms with Gasteiger partial charge in [0.05, 0.1) is 11.3 Å². The van der Waals surface area contributed by atoms with E-state index < -0.39 is 0 Å². The van der Waals surface area contributed by atoms with E-state index in [0.29, 0.717) is 12.0 Å². The lowest BCUT2D eigenvalue weighted by Crippen LogP contribution is -2.39. The fourth-order valence-corrected chi connectivity index (χ4v) is 3.08. The molecule has 0 aliphatic rings. The first-order valence-corrected chi connectivity index (χ1v) is 7.34. The number of para-hydroxylation sites is 1. The summed E-state index contributed by atoms with van der Waals surface area (Å²) in [6, 6.07) is 7.96. The average Bonchev–Trinajstić information content (AvgIpc) is 2.86. The van der Waals surface area contributed by atoms with Crippen LogP contribution in [-0.4, -0.2) is 14.1 Å². The van der Waals surface area contributed by atoms with Gasteiger partial charge in [0.1, 0.15) is 0 Å². The van der Waals surface area contributed by atoms with Gasteiger partial charge in [-0.15, -0.1) is 0 Å². The van der Waals surface area contributed by atoms with Crippen molar-refractivity contribution in [2.75, 3.05) is 0 Å². The first-order chi connectivity index (χ1) is 10.5. The minimum Gasteiger partial charge on any atom is -0.354 e. The summed E-state index contributed by atoms with van der Waals surface area (Å²) in [5.74, 6) is 0. The van der Waals surface area contributed by atoms with Crippen LogP contribution in [0.15, 0.2) is 33.9 Å². The van der Waals surface area contributed by atoms with Crippen LogP contribution in [0.5, 0.6) is 0 Å². The zero-order valence-electron chi connectivity index (χ0n) is 13.2. The zero-order chi connectivity index (χ0) is 16.0. The Morgan fingerprint density at radius 1 is 1.09 bits per heavy atom. The second-order valence-electron chi connectivity index (χ2n) is 5.55. The Kier molecular flexibility index (Phi) is 3.28. The Balaban J connectivity index is 2.48. The molecule has 0 aliphatic heterocycles. The third-order valence-corrected chi connectivity index (χ3v) is 4.34.